The van der Waals surface area contributed by atoms with Crippen molar-refractivity contribution in [2.45, 2.75) is 24.5 Å². The number of carbonyl (C=O) groups is 1. The molecule has 0 aliphatic rings. The van der Waals surface area contributed by atoms with Crippen molar-refractivity contribution in [2.24, 2.45) is 0 Å². The first kappa shape index (κ1) is 21.6. The maximum Gasteiger partial charge on any atom is 0.230 e. The number of hydrogen-bond acceptors (Lipinski definition) is 5. The number of nitrogen functional groups attached to an aromatic ring is 1. The van der Waals surface area contributed by atoms with E-state index in [1.807, 2.05) is 79.7 Å². The molecule has 1 unspecified atom stereocenters. The van der Waals surface area contributed by atoms with Crippen LogP contribution in [0.5, 0.6) is 0 Å². The fourth-order valence-electron chi connectivity index (χ4n) is 3.43. The normalized spacial score (nSPS) is 11.8. The van der Waals surface area contributed by atoms with Gasteiger partial charge in [-0.3, -0.25) is 4.79 Å². The van der Waals surface area contributed by atoms with Crippen LogP contribution in [0.1, 0.15) is 22.7 Å². The monoisotopic (exact) mass is 443 g/mol. The Morgan fingerprint density at radius 3 is 2.31 bits per heavy atom. The number of nitrogens with zero attached hydrogens (tertiary/aromatic N) is 3. The molecule has 0 saturated heterocycles. The van der Waals surface area contributed by atoms with Gasteiger partial charge in [-0.1, -0.05) is 102 Å². The summed E-state index contributed by atoms with van der Waals surface area (Å²) in [5, 5.41) is 12.0. The second-order valence-corrected chi connectivity index (χ2v) is 8.49. The van der Waals surface area contributed by atoms with Crippen LogP contribution in [0.3, 0.4) is 0 Å². The minimum Gasteiger partial charge on any atom is -0.348 e. The summed E-state index contributed by atoms with van der Waals surface area (Å²) in [6.45, 7) is 2.03. The fraction of sp³-hybridized carbons (Fsp3) is 0.160. The molecule has 1 heterocycles. The van der Waals surface area contributed by atoms with Gasteiger partial charge in [-0.2, -0.15) is 0 Å². The van der Waals surface area contributed by atoms with E-state index in [2.05, 4.69) is 27.6 Å². The molecule has 1 amide bonds. The van der Waals surface area contributed by atoms with E-state index in [0.717, 1.165) is 16.7 Å². The van der Waals surface area contributed by atoms with Crippen LogP contribution in [-0.2, 0) is 11.2 Å². The molecule has 0 aliphatic heterocycles. The van der Waals surface area contributed by atoms with Gasteiger partial charge >= 0.3 is 0 Å². The van der Waals surface area contributed by atoms with Gasteiger partial charge in [0, 0.05) is 5.56 Å². The van der Waals surface area contributed by atoms with E-state index in [4.69, 9.17) is 5.84 Å². The molecule has 3 N–H and O–H groups in total. The molecule has 6 nitrogen and oxygen atoms in total. The number of aryl methyl sites for hydroxylation is 1. The molecule has 0 spiro atoms. The first-order chi connectivity index (χ1) is 15.6. The summed E-state index contributed by atoms with van der Waals surface area (Å²) >= 11 is 1.27. The second kappa shape index (κ2) is 10.2. The lowest BCUT2D eigenvalue weighted by Crippen LogP contribution is -2.31. The van der Waals surface area contributed by atoms with Crippen LogP contribution in [0.4, 0.5) is 0 Å². The number of rotatable bonds is 8. The van der Waals surface area contributed by atoms with Crippen molar-refractivity contribution in [1.29, 1.82) is 0 Å². The van der Waals surface area contributed by atoms with Gasteiger partial charge in [0.1, 0.15) is 0 Å². The number of benzene rings is 3. The van der Waals surface area contributed by atoms with E-state index >= 15 is 0 Å². The van der Waals surface area contributed by atoms with E-state index in [-0.39, 0.29) is 17.7 Å². The maximum atomic E-state index is 12.8. The third kappa shape index (κ3) is 5.36. The van der Waals surface area contributed by atoms with Crippen LogP contribution in [-0.4, -0.2) is 26.5 Å². The number of amides is 1. The third-order valence-corrected chi connectivity index (χ3v) is 6.07. The highest BCUT2D eigenvalue weighted by molar-refractivity contribution is 7.99. The highest BCUT2D eigenvalue weighted by atomic mass is 32.2. The van der Waals surface area contributed by atoms with Crippen LogP contribution in [0.15, 0.2) is 90.1 Å². The van der Waals surface area contributed by atoms with Gasteiger partial charge in [0.05, 0.1) is 11.8 Å². The molecule has 4 rings (SSSR count). The van der Waals surface area contributed by atoms with E-state index < -0.39 is 0 Å². The van der Waals surface area contributed by atoms with Crippen LogP contribution in [0.25, 0.3) is 11.4 Å². The number of nitrogens with two attached hydrogens (primary N) is 1. The molecule has 3 aromatic carbocycles. The molecule has 0 bridgehead atoms. The van der Waals surface area contributed by atoms with Crippen LogP contribution in [0.2, 0.25) is 0 Å². The summed E-state index contributed by atoms with van der Waals surface area (Å²) in [5.41, 5.74) is 4.28. The van der Waals surface area contributed by atoms with Crippen molar-refractivity contribution in [3.05, 3.63) is 102 Å². The number of carbonyl (C=O) groups excluding carboxylic acids is 1. The fourth-order valence-corrected chi connectivity index (χ4v) is 4.10. The highest BCUT2D eigenvalue weighted by Crippen LogP contribution is 2.23. The molecular formula is C25H25N5OS. The Hall–Kier alpha value is -3.58. The van der Waals surface area contributed by atoms with Crippen molar-refractivity contribution in [2.75, 3.05) is 11.6 Å². The van der Waals surface area contributed by atoms with Crippen LogP contribution < -0.4 is 11.2 Å². The lowest BCUT2D eigenvalue weighted by atomic mass is 9.99. The molecule has 1 aromatic heterocycles. The van der Waals surface area contributed by atoms with Gasteiger partial charge in [0.25, 0.3) is 0 Å². The van der Waals surface area contributed by atoms with Gasteiger partial charge in [0.2, 0.25) is 11.1 Å². The minimum absolute atomic E-state index is 0.0836. The van der Waals surface area contributed by atoms with Gasteiger partial charge in [-0.05, 0) is 24.5 Å². The van der Waals surface area contributed by atoms with Gasteiger partial charge in [0.15, 0.2) is 5.82 Å². The standard InChI is InChI=1S/C25H25N5OS/c1-18-12-14-21(15-13-18)24-28-29-25(30(24)26)32-17-23(31)27-22(20-10-6-3-7-11-20)16-19-8-4-2-5-9-19/h2-15,22H,16-17,26H2,1H3,(H,27,31). The average Bonchev–Trinajstić information content (AvgIpc) is 3.19. The van der Waals surface area contributed by atoms with Crippen LogP contribution >= 0.6 is 11.8 Å². The van der Waals surface area contributed by atoms with Crippen molar-refractivity contribution < 1.29 is 4.79 Å². The zero-order valence-corrected chi connectivity index (χ0v) is 18.6. The number of hydrogen-bond donors (Lipinski definition) is 2. The first-order valence-electron chi connectivity index (χ1n) is 10.4. The van der Waals surface area contributed by atoms with Gasteiger partial charge in [-0.25, -0.2) is 4.68 Å². The van der Waals surface area contributed by atoms with Gasteiger partial charge < -0.3 is 11.2 Å². The molecule has 7 heteroatoms. The second-order valence-electron chi connectivity index (χ2n) is 7.55. The molecular weight excluding hydrogens is 418 g/mol. The molecule has 4 aromatic rings. The predicted octanol–water partition coefficient (Wildman–Crippen LogP) is 4.16. The van der Waals surface area contributed by atoms with E-state index in [1.165, 1.54) is 22.0 Å². The number of thioether (sulfide) groups is 1. The Balaban J connectivity index is 1.42. The quantitative estimate of drug-likeness (QED) is 0.315. The average molecular weight is 444 g/mol. The number of nitrogens with one attached hydrogen (secondary N) is 1. The summed E-state index contributed by atoms with van der Waals surface area (Å²) in [4.78, 5) is 12.8. The van der Waals surface area contributed by atoms with E-state index in [9.17, 15) is 4.79 Å². The van der Waals surface area contributed by atoms with E-state index in [0.29, 0.717) is 17.4 Å². The van der Waals surface area contributed by atoms with Gasteiger partial charge in [-0.15, -0.1) is 10.2 Å². The Labute approximate surface area is 191 Å². The topological polar surface area (TPSA) is 85.8 Å². The largest absolute Gasteiger partial charge is 0.348 e. The Bertz CT molecular complexity index is 1160. The Morgan fingerprint density at radius 1 is 0.969 bits per heavy atom. The zero-order chi connectivity index (χ0) is 22.3. The van der Waals surface area contributed by atoms with E-state index in [1.54, 1.807) is 0 Å². The summed E-state index contributed by atoms with van der Waals surface area (Å²) in [6.07, 6.45) is 0.714. The highest BCUT2D eigenvalue weighted by Gasteiger charge is 2.18. The predicted molar refractivity (Wildman–Crippen MR) is 129 cm³/mol. The summed E-state index contributed by atoms with van der Waals surface area (Å²) in [5.74, 6) is 6.87. The molecule has 32 heavy (non-hydrogen) atoms. The summed E-state index contributed by atoms with van der Waals surface area (Å²) in [6, 6.07) is 27.9. The molecule has 0 fully saturated rings. The first-order valence-corrected chi connectivity index (χ1v) is 11.4. The van der Waals surface area contributed by atoms with Crippen molar-refractivity contribution in [1.82, 2.24) is 20.2 Å². The third-order valence-electron chi connectivity index (χ3n) is 5.13. The number of aromatic nitrogens is 3. The minimum atomic E-state index is -0.120. The maximum absolute atomic E-state index is 12.8. The smallest absolute Gasteiger partial charge is 0.230 e. The van der Waals surface area contributed by atoms with Crippen molar-refractivity contribution >= 4 is 17.7 Å². The summed E-state index contributed by atoms with van der Waals surface area (Å²) < 4.78 is 1.43. The van der Waals surface area contributed by atoms with Crippen molar-refractivity contribution in [3.8, 4) is 11.4 Å². The molecule has 162 valence electrons. The molecule has 0 aliphatic carbocycles. The Kier molecular flexibility index (Phi) is 6.87. The van der Waals surface area contributed by atoms with Crippen molar-refractivity contribution in [3.63, 3.8) is 0 Å². The zero-order valence-electron chi connectivity index (χ0n) is 17.8. The molecule has 1 atom stereocenters. The van der Waals surface area contributed by atoms with Crippen LogP contribution in [0, 0.1) is 6.92 Å². The lowest BCUT2D eigenvalue weighted by Gasteiger charge is -2.19. The molecule has 0 radical (unpaired) electrons. The molecule has 0 saturated carbocycles. The SMILES string of the molecule is Cc1ccc(-c2nnc(SCC(=O)NC(Cc3ccccc3)c3ccccc3)n2N)cc1. The summed E-state index contributed by atoms with van der Waals surface area (Å²) in [7, 11) is 0. The Morgan fingerprint density at radius 2 is 1.62 bits per heavy atom. The lowest BCUT2D eigenvalue weighted by molar-refractivity contribution is -0.119.